The molecule has 1 aromatic carbocycles. The van der Waals surface area contributed by atoms with Gasteiger partial charge in [0.25, 0.3) is 0 Å². The van der Waals surface area contributed by atoms with Gasteiger partial charge in [-0.05, 0) is 12.1 Å². The predicted octanol–water partition coefficient (Wildman–Crippen LogP) is 0.336. The topological polar surface area (TPSA) is 40.5 Å². The maximum absolute atomic E-state index is 8.65. The molecular weight excluding hydrogens is 182 g/mol. The van der Waals surface area contributed by atoms with Gasteiger partial charge in [-0.15, -0.1) is 0 Å². The van der Waals surface area contributed by atoms with E-state index in [-0.39, 0.29) is 114 Å². The molecule has 0 aliphatic heterocycles. The van der Waals surface area contributed by atoms with E-state index in [4.69, 9.17) is 10.2 Å². The summed E-state index contributed by atoms with van der Waals surface area (Å²) in [7, 11) is 0. The summed E-state index contributed by atoms with van der Waals surface area (Å²) in [5, 5.41) is 17.3. The molecular formula is C6H6K2O2. The number of rotatable bonds is 0. The van der Waals surface area contributed by atoms with E-state index in [1.807, 2.05) is 0 Å². The van der Waals surface area contributed by atoms with Crippen molar-refractivity contribution < 1.29 is 10.2 Å². The normalized spacial score (nSPS) is 7.20. The van der Waals surface area contributed by atoms with E-state index in [1.165, 1.54) is 18.2 Å². The van der Waals surface area contributed by atoms with Gasteiger partial charge in [0, 0.05) is 109 Å². The molecule has 0 fully saturated rings. The van der Waals surface area contributed by atoms with E-state index >= 15 is 0 Å². The van der Waals surface area contributed by atoms with Gasteiger partial charge in [0.15, 0.2) is 0 Å². The van der Waals surface area contributed by atoms with Crippen LogP contribution in [0.15, 0.2) is 24.3 Å². The Kier molecular flexibility index (Phi) is 11.3. The Balaban J connectivity index is 0. The number of hydrogen-bond donors (Lipinski definition) is 2. The van der Waals surface area contributed by atoms with Crippen molar-refractivity contribution in [3.05, 3.63) is 24.3 Å². The van der Waals surface area contributed by atoms with Crippen LogP contribution >= 0.6 is 0 Å². The fraction of sp³-hybridized carbons (Fsp3) is 0. The van der Waals surface area contributed by atoms with E-state index in [2.05, 4.69) is 0 Å². The number of phenolic OH excluding ortho intramolecular Hbond substituents is 2. The summed E-state index contributed by atoms with van der Waals surface area (Å²) in [6.45, 7) is 0. The van der Waals surface area contributed by atoms with Crippen molar-refractivity contribution in [3.63, 3.8) is 0 Å². The minimum atomic E-state index is 0. The first-order valence-corrected chi connectivity index (χ1v) is 2.27. The number of hydrogen-bond acceptors (Lipinski definition) is 2. The Morgan fingerprint density at radius 3 is 1.50 bits per heavy atom. The zero-order chi connectivity index (χ0) is 5.98. The van der Waals surface area contributed by atoms with Gasteiger partial charge in [-0.1, -0.05) is 6.07 Å². The number of aromatic hydroxyl groups is 2. The van der Waals surface area contributed by atoms with Crippen molar-refractivity contribution in [2.75, 3.05) is 0 Å². The molecule has 0 bridgehead atoms. The Morgan fingerprint density at radius 2 is 1.30 bits per heavy atom. The fourth-order valence-corrected chi connectivity index (χ4v) is 0.493. The van der Waals surface area contributed by atoms with E-state index in [9.17, 15) is 0 Å². The van der Waals surface area contributed by atoms with Gasteiger partial charge in [0.1, 0.15) is 11.5 Å². The van der Waals surface area contributed by atoms with E-state index in [0.29, 0.717) is 0 Å². The third kappa shape index (κ3) is 5.71. The molecule has 0 saturated heterocycles. The minimum absolute atomic E-state index is 0. The van der Waals surface area contributed by atoms with Crippen LogP contribution in [0.3, 0.4) is 0 Å². The first-order chi connectivity index (χ1) is 3.79. The van der Waals surface area contributed by atoms with Crippen LogP contribution in [0, 0.1) is 0 Å². The monoisotopic (exact) mass is 188 g/mol. The molecule has 0 atom stereocenters. The van der Waals surface area contributed by atoms with Gasteiger partial charge in [0.2, 0.25) is 0 Å². The van der Waals surface area contributed by atoms with Crippen LogP contribution < -0.4 is 0 Å². The maximum Gasteiger partial charge on any atom is 0.119 e. The van der Waals surface area contributed by atoms with Gasteiger partial charge in [-0.25, -0.2) is 0 Å². The maximum atomic E-state index is 8.65. The average Bonchev–Trinajstić information content (AvgIpc) is 1.64. The molecule has 1 aromatic rings. The minimum Gasteiger partial charge on any atom is -0.508 e. The summed E-state index contributed by atoms with van der Waals surface area (Å²) in [6.07, 6.45) is 0. The van der Waals surface area contributed by atoms with Crippen LogP contribution in [-0.2, 0) is 0 Å². The standard InChI is InChI=1S/C6H6O2.2K/c7-5-2-1-3-6(8)4-5;;/h1-4,7-8H;;. The van der Waals surface area contributed by atoms with Gasteiger partial charge in [-0.3, -0.25) is 0 Å². The Hall–Kier alpha value is 2.09. The zero-order valence-electron chi connectivity index (χ0n) is 6.20. The first kappa shape index (κ1) is 14.6. The summed E-state index contributed by atoms with van der Waals surface area (Å²) in [5.41, 5.74) is 0. The molecule has 2 N–H and O–H groups in total. The molecule has 0 unspecified atom stereocenters. The largest absolute Gasteiger partial charge is 0.508 e. The molecule has 0 aliphatic carbocycles. The summed E-state index contributed by atoms with van der Waals surface area (Å²) in [5.74, 6) is 0.176. The third-order valence-corrected chi connectivity index (χ3v) is 0.830. The van der Waals surface area contributed by atoms with Gasteiger partial charge >= 0.3 is 0 Å². The van der Waals surface area contributed by atoms with Crippen molar-refractivity contribution in [1.29, 1.82) is 0 Å². The predicted molar refractivity (Wildman–Crippen MR) is 41.3 cm³/mol. The molecule has 0 spiro atoms. The molecule has 0 aliphatic rings. The third-order valence-electron chi connectivity index (χ3n) is 0.830. The second-order valence-electron chi connectivity index (χ2n) is 1.52. The summed E-state index contributed by atoms with van der Waals surface area (Å²) < 4.78 is 0. The van der Waals surface area contributed by atoms with Crippen LogP contribution in [0.25, 0.3) is 0 Å². The Morgan fingerprint density at radius 1 is 0.900 bits per heavy atom. The number of benzene rings is 1. The van der Waals surface area contributed by atoms with Crippen molar-refractivity contribution in [1.82, 2.24) is 0 Å². The summed E-state index contributed by atoms with van der Waals surface area (Å²) in [6, 6.07) is 5.85. The van der Waals surface area contributed by atoms with Crippen molar-refractivity contribution >= 4 is 103 Å². The quantitative estimate of drug-likeness (QED) is 0.576. The van der Waals surface area contributed by atoms with Gasteiger partial charge < -0.3 is 10.2 Å². The second-order valence-corrected chi connectivity index (χ2v) is 1.52. The molecule has 0 heterocycles. The van der Waals surface area contributed by atoms with Crippen LogP contribution in [0.4, 0.5) is 0 Å². The fourth-order valence-electron chi connectivity index (χ4n) is 0.493. The molecule has 0 saturated carbocycles. The Bertz CT molecular complexity index is 174. The molecule has 2 radical (unpaired) electrons. The van der Waals surface area contributed by atoms with Crippen molar-refractivity contribution in [2.45, 2.75) is 0 Å². The van der Waals surface area contributed by atoms with E-state index in [0.717, 1.165) is 0 Å². The molecule has 2 nitrogen and oxygen atoms in total. The van der Waals surface area contributed by atoms with Gasteiger partial charge in [0.05, 0.1) is 0 Å². The molecule has 44 valence electrons. The molecule has 10 heavy (non-hydrogen) atoms. The molecule has 1 rings (SSSR count). The van der Waals surface area contributed by atoms with Gasteiger partial charge in [-0.2, -0.15) is 0 Å². The van der Waals surface area contributed by atoms with Crippen molar-refractivity contribution in [2.24, 2.45) is 0 Å². The summed E-state index contributed by atoms with van der Waals surface area (Å²) in [4.78, 5) is 0. The van der Waals surface area contributed by atoms with E-state index < -0.39 is 0 Å². The molecule has 0 aromatic heterocycles. The zero-order valence-corrected chi connectivity index (χ0v) is 12.5. The van der Waals surface area contributed by atoms with Crippen LogP contribution in [0.5, 0.6) is 11.5 Å². The molecule has 4 heteroatoms. The van der Waals surface area contributed by atoms with E-state index in [1.54, 1.807) is 6.07 Å². The van der Waals surface area contributed by atoms with Crippen LogP contribution in [-0.4, -0.2) is 113 Å². The Labute approximate surface area is 145 Å². The van der Waals surface area contributed by atoms with Crippen LogP contribution in [0.1, 0.15) is 0 Å². The number of phenols is 2. The summed E-state index contributed by atoms with van der Waals surface area (Å²) >= 11 is 0. The average molecular weight is 188 g/mol. The smallest absolute Gasteiger partial charge is 0.119 e. The first-order valence-electron chi connectivity index (χ1n) is 2.27. The SMILES string of the molecule is Oc1cccc(O)c1.[K].[K]. The second kappa shape index (κ2) is 7.73. The molecule has 0 amide bonds. The van der Waals surface area contributed by atoms with Crippen molar-refractivity contribution in [3.8, 4) is 11.5 Å². The van der Waals surface area contributed by atoms with Crippen LogP contribution in [0.2, 0.25) is 0 Å².